The second kappa shape index (κ2) is 9.88. The first-order valence-corrected chi connectivity index (χ1v) is 8.62. The number of hydrogen-bond acceptors (Lipinski definition) is 4. The highest BCUT2D eigenvalue weighted by Crippen LogP contribution is 2.16. The topological polar surface area (TPSA) is 62.4 Å². The largest absolute Gasteiger partial charge is 0.468 e. The molecule has 1 aromatic heterocycles. The van der Waals surface area contributed by atoms with E-state index in [0.29, 0.717) is 19.5 Å². The van der Waals surface area contributed by atoms with Gasteiger partial charge in [-0.05, 0) is 57.1 Å². The van der Waals surface area contributed by atoms with Gasteiger partial charge in [-0.1, -0.05) is 6.42 Å². The van der Waals surface area contributed by atoms with E-state index in [1.807, 2.05) is 30.5 Å². The fraction of sp³-hybridized carbons (Fsp3) is 0.474. The summed E-state index contributed by atoms with van der Waals surface area (Å²) in [5, 5.41) is 1.11. The number of ether oxygens (including phenoxy) is 1. The summed E-state index contributed by atoms with van der Waals surface area (Å²) in [5.41, 5.74) is 1.93. The number of carbonyl (C=O) groups is 2. The minimum absolute atomic E-state index is 0.258. The maximum absolute atomic E-state index is 12.2. The number of H-pyrrole nitrogens is 1. The number of benzene rings is 1. The van der Waals surface area contributed by atoms with E-state index in [4.69, 9.17) is 0 Å². The van der Waals surface area contributed by atoms with Crippen LogP contribution in [-0.2, 0) is 9.53 Å². The predicted molar refractivity (Wildman–Crippen MR) is 95.2 cm³/mol. The first kappa shape index (κ1) is 18.2. The van der Waals surface area contributed by atoms with E-state index in [2.05, 4.69) is 14.6 Å². The van der Waals surface area contributed by atoms with Crippen molar-refractivity contribution in [1.82, 2.24) is 9.88 Å². The fourth-order valence-corrected chi connectivity index (χ4v) is 2.88. The lowest BCUT2D eigenvalue weighted by Gasteiger charge is -2.25. The summed E-state index contributed by atoms with van der Waals surface area (Å²) in [6, 6.07) is 7.92. The van der Waals surface area contributed by atoms with E-state index in [9.17, 15) is 9.59 Å². The quantitative estimate of drug-likeness (QED) is 0.651. The summed E-state index contributed by atoms with van der Waals surface area (Å²) in [6.07, 6.45) is 6.45. The smallest absolute Gasteiger partial charge is 0.293 e. The Morgan fingerprint density at radius 2 is 2.04 bits per heavy atom. The first-order chi connectivity index (χ1) is 11.7. The highest BCUT2D eigenvalue weighted by Gasteiger charge is 2.13. The van der Waals surface area contributed by atoms with Crippen molar-refractivity contribution in [2.45, 2.75) is 32.6 Å². The second-order valence-electron chi connectivity index (χ2n) is 5.91. The summed E-state index contributed by atoms with van der Waals surface area (Å²) in [7, 11) is 0. The van der Waals surface area contributed by atoms with Crippen LogP contribution in [0.25, 0.3) is 10.9 Å². The van der Waals surface area contributed by atoms with Crippen molar-refractivity contribution in [2.24, 2.45) is 0 Å². The van der Waals surface area contributed by atoms with E-state index < -0.39 is 0 Å². The van der Waals surface area contributed by atoms with Crippen molar-refractivity contribution in [2.75, 3.05) is 26.2 Å². The number of rotatable bonds is 6. The number of nitrogens with zero attached hydrogens (tertiary/aromatic N) is 1. The van der Waals surface area contributed by atoms with Crippen LogP contribution in [0.1, 0.15) is 43.0 Å². The highest BCUT2D eigenvalue weighted by molar-refractivity contribution is 5.99. The van der Waals surface area contributed by atoms with Crippen LogP contribution in [0.3, 0.4) is 0 Å². The average molecular weight is 330 g/mol. The standard InChI is InChI=1S/C16H20N2O.C3H6O2/c19-16(7-11-18-9-2-1-3-10-18)14-4-5-15-13(12-14)6-8-17-15;1-2-5-3-4/h4-6,8,12,17H,1-3,7,9-11H2;3H,2H2,1H3. The SMILES string of the molecule is CCOC=O.O=C(CCN1CCCCC1)c1ccc2[nH]ccc2c1. The lowest BCUT2D eigenvalue weighted by atomic mass is 10.1. The zero-order valence-electron chi connectivity index (χ0n) is 14.3. The summed E-state index contributed by atoms with van der Waals surface area (Å²) in [4.78, 5) is 27.0. The number of aromatic amines is 1. The van der Waals surface area contributed by atoms with E-state index in [1.54, 1.807) is 6.92 Å². The maximum atomic E-state index is 12.2. The molecule has 5 heteroatoms. The number of Topliss-reactive ketones (excluding diaryl/α,β-unsaturated/α-hetero) is 1. The Morgan fingerprint density at radius 3 is 2.71 bits per heavy atom. The molecular weight excluding hydrogens is 304 g/mol. The van der Waals surface area contributed by atoms with Crippen LogP contribution in [0, 0.1) is 0 Å². The minimum Gasteiger partial charge on any atom is -0.468 e. The third-order valence-corrected chi connectivity index (χ3v) is 4.21. The number of fused-ring (bicyclic) bond motifs is 1. The number of piperidine rings is 1. The van der Waals surface area contributed by atoms with Crippen molar-refractivity contribution in [3.63, 3.8) is 0 Å². The van der Waals surface area contributed by atoms with Gasteiger partial charge in [-0.15, -0.1) is 0 Å². The van der Waals surface area contributed by atoms with E-state index in [0.717, 1.165) is 36.1 Å². The maximum Gasteiger partial charge on any atom is 0.293 e. The van der Waals surface area contributed by atoms with Gasteiger partial charge in [0.15, 0.2) is 5.78 Å². The molecule has 1 N–H and O–H groups in total. The highest BCUT2D eigenvalue weighted by atomic mass is 16.5. The lowest BCUT2D eigenvalue weighted by Crippen LogP contribution is -2.31. The number of carbonyl (C=O) groups excluding carboxylic acids is 2. The molecule has 130 valence electrons. The lowest BCUT2D eigenvalue weighted by molar-refractivity contribution is -0.128. The molecule has 1 saturated heterocycles. The van der Waals surface area contributed by atoms with Gasteiger partial charge in [0, 0.05) is 35.6 Å². The van der Waals surface area contributed by atoms with Crippen LogP contribution in [-0.4, -0.2) is 48.4 Å². The van der Waals surface area contributed by atoms with Crippen molar-refractivity contribution in [1.29, 1.82) is 0 Å². The van der Waals surface area contributed by atoms with Crippen LogP contribution in [0.5, 0.6) is 0 Å². The van der Waals surface area contributed by atoms with Crippen molar-refractivity contribution in [3.05, 3.63) is 36.0 Å². The van der Waals surface area contributed by atoms with Gasteiger partial charge < -0.3 is 14.6 Å². The molecule has 0 amide bonds. The third-order valence-electron chi connectivity index (χ3n) is 4.21. The van der Waals surface area contributed by atoms with E-state index >= 15 is 0 Å². The molecule has 1 fully saturated rings. The Hall–Kier alpha value is -2.14. The van der Waals surface area contributed by atoms with Gasteiger partial charge in [-0.3, -0.25) is 9.59 Å². The van der Waals surface area contributed by atoms with Crippen LogP contribution in [0.4, 0.5) is 0 Å². The van der Waals surface area contributed by atoms with Crippen LogP contribution in [0.2, 0.25) is 0 Å². The normalized spacial score (nSPS) is 14.7. The molecule has 0 radical (unpaired) electrons. The molecule has 3 rings (SSSR count). The molecule has 24 heavy (non-hydrogen) atoms. The molecule has 0 spiro atoms. The molecule has 5 nitrogen and oxygen atoms in total. The molecule has 2 heterocycles. The number of aromatic nitrogens is 1. The Morgan fingerprint density at radius 1 is 1.25 bits per heavy atom. The number of likely N-dealkylation sites (tertiary alicyclic amines) is 1. The Balaban J connectivity index is 0.000000368. The van der Waals surface area contributed by atoms with Gasteiger partial charge in [0.25, 0.3) is 6.47 Å². The van der Waals surface area contributed by atoms with Gasteiger partial charge in [-0.2, -0.15) is 0 Å². The summed E-state index contributed by atoms with van der Waals surface area (Å²) >= 11 is 0. The molecule has 0 aliphatic carbocycles. The Kier molecular flexibility index (Phi) is 7.49. The summed E-state index contributed by atoms with van der Waals surface area (Å²) < 4.78 is 4.15. The van der Waals surface area contributed by atoms with Crippen molar-refractivity contribution < 1.29 is 14.3 Å². The molecule has 1 aromatic carbocycles. The number of hydrogen-bond donors (Lipinski definition) is 1. The number of ketones is 1. The van der Waals surface area contributed by atoms with Crippen LogP contribution >= 0.6 is 0 Å². The van der Waals surface area contributed by atoms with Gasteiger partial charge >= 0.3 is 0 Å². The second-order valence-corrected chi connectivity index (χ2v) is 5.91. The predicted octanol–water partition coefficient (Wildman–Crippen LogP) is 3.41. The van der Waals surface area contributed by atoms with E-state index in [-0.39, 0.29) is 5.78 Å². The number of nitrogens with one attached hydrogen (secondary N) is 1. The summed E-state index contributed by atoms with van der Waals surface area (Å²) in [5.74, 6) is 0.258. The van der Waals surface area contributed by atoms with Gasteiger partial charge in [0.2, 0.25) is 0 Å². The third kappa shape index (κ3) is 5.49. The average Bonchev–Trinajstić information content (AvgIpc) is 3.09. The zero-order chi connectivity index (χ0) is 17.2. The molecule has 0 bridgehead atoms. The zero-order valence-corrected chi connectivity index (χ0v) is 14.3. The van der Waals surface area contributed by atoms with E-state index in [1.165, 1.54) is 19.3 Å². The molecule has 0 unspecified atom stereocenters. The van der Waals surface area contributed by atoms with Gasteiger partial charge in [0.05, 0.1) is 6.61 Å². The van der Waals surface area contributed by atoms with Crippen LogP contribution in [0.15, 0.2) is 30.5 Å². The summed E-state index contributed by atoms with van der Waals surface area (Å²) in [6.45, 7) is 5.89. The van der Waals surface area contributed by atoms with Crippen molar-refractivity contribution >= 4 is 23.2 Å². The fourth-order valence-electron chi connectivity index (χ4n) is 2.88. The Labute approximate surface area is 143 Å². The first-order valence-electron chi connectivity index (χ1n) is 8.62. The molecule has 0 saturated carbocycles. The minimum atomic E-state index is 0.258. The van der Waals surface area contributed by atoms with Crippen molar-refractivity contribution in [3.8, 4) is 0 Å². The van der Waals surface area contributed by atoms with Gasteiger partial charge in [-0.25, -0.2) is 0 Å². The van der Waals surface area contributed by atoms with Crippen LogP contribution < -0.4 is 0 Å². The molecule has 1 aliphatic heterocycles. The Bertz CT molecular complexity index is 645. The molecular formula is C19H26N2O3. The molecule has 0 atom stereocenters. The monoisotopic (exact) mass is 330 g/mol. The molecule has 2 aromatic rings. The van der Waals surface area contributed by atoms with Gasteiger partial charge in [0.1, 0.15) is 0 Å². The molecule has 1 aliphatic rings.